The highest BCUT2D eigenvalue weighted by Crippen LogP contribution is 2.23. The molecule has 2 fully saturated rings. The summed E-state index contributed by atoms with van der Waals surface area (Å²) in [6.45, 7) is 1.21. The third-order valence-corrected chi connectivity index (χ3v) is 2.45. The Labute approximate surface area is 65.5 Å². The minimum Gasteiger partial charge on any atom is -0.389 e. The third-order valence-electron chi connectivity index (χ3n) is 2.45. The van der Waals surface area contributed by atoms with E-state index >= 15 is 0 Å². The first kappa shape index (κ1) is 7.49. The van der Waals surface area contributed by atoms with Crippen molar-refractivity contribution in [2.24, 2.45) is 0 Å². The van der Waals surface area contributed by atoms with Crippen LogP contribution in [-0.4, -0.2) is 49.7 Å². The van der Waals surface area contributed by atoms with E-state index in [-0.39, 0.29) is 24.4 Å². The Bertz CT molecular complexity index is 153. The number of aliphatic hydroxyl groups is 1. The first-order valence-electron chi connectivity index (χ1n) is 3.89. The molecule has 4 nitrogen and oxygen atoms in total. The molecule has 4 heteroatoms. The lowest BCUT2D eigenvalue weighted by Gasteiger charge is -2.14. The molecule has 0 spiro atoms. The van der Waals surface area contributed by atoms with Crippen LogP contribution >= 0.6 is 0 Å². The van der Waals surface area contributed by atoms with E-state index in [0.29, 0.717) is 6.61 Å². The molecule has 0 bridgehead atoms. The van der Waals surface area contributed by atoms with Crippen molar-refractivity contribution < 1.29 is 14.6 Å². The Morgan fingerprint density at radius 3 is 3.18 bits per heavy atom. The van der Waals surface area contributed by atoms with Crippen LogP contribution < -0.4 is 5.32 Å². The van der Waals surface area contributed by atoms with Crippen LogP contribution in [-0.2, 0) is 9.47 Å². The summed E-state index contributed by atoms with van der Waals surface area (Å²) in [4.78, 5) is 0. The number of ether oxygens (including phenoxy) is 2. The zero-order chi connectivity index (χ0) is 7.84. The van der Waals surface area contributed by atoms with E-state index in [0.717, 1.165) is 6.54 Å². The predicted octanol–water partition coefficient (Wildman–Crippen LogP) is -1.27. The number of rotatable bonds is 1. The Hall–Kier alpha value is -0.160. The van der Waals surface area contributed by atoms with Crippen molar-refractivity contribution in [3.63, 3.8) is 0 Å². The van der Waals surface area contributed by atoms with E-state index in [1.165, 1.54) is 0 Å². The van der Waals surface area contributed by atoms with Gasteiger partial charge in [0.15, 0.2) is 0 Å². The van der Waals surface area contributed by atoms with Crippen molar-refractivity contribution >= 4 is 0 Å². The van der Waals surface area contributed by atoms with Crippen LogP contribution in [0.3, 0.4) is 0 Å². The standard InChI is InChI=1S/C7H13NO3/c1-10-5-2-8-6-4(9)3-11-7(5)6/h4-9H,2-3H2,1H3. The van der Waals surface area contributed by atoms with Gasteiger partial charge in [0.05, 0.1) is 24.9 Å². The van der Waals surface area contributed by atoms with Gasteiger partial charge in [0, 0.05) is 13.7 Å². The molecule has 0 aromatic heterocycles. The van der Waals surface area contributed by atoms with Gasteiger partial charge in [-0.1, -0.05) is 0 Å². The molecule has 0 aliphatic carbocycles. The maximum absolute atomic E-state index is 9.37. The fraction of sp³-hybridized carbons (Fsp3) is 1.00. The van der Waals surface area contributed by atoms with Crippen LogP contribution in [0.1, 0.15) is 0 Å². The predicted molar refractivity (Wildman–Crippen MR) is 38.3 cm³/mol. The van der Waals surface area contributed by atoms with Gasteiger partial charge in [-0.15, -0.1) is 0 Å². The van der Waals surface area contributed by atoms with Crippen molar-refractivity contribution in [3.8, 4) is 0 Å². The number of methoxy groups -OCH3 is 1. The second kappa shape index (κ2) is 2.71. The molecule has 0 saturated carbocycles. The second-order valence-electron chi connectivity index (χ2n) is 3.07. The van der Waals surface area contributed by atoms with Gasteiger partial charge in [-0.05, 0) is 0 Å². The molecular formula is C7H13NO3. The smallest absolute Gasteiger partial charge is 0.103 e. The molecule has 2 N–H and O–H groups in total. The summed E-state index contributed by atoms with van der Waals surface area (Å²) in [6.07, 6.45) is -0.202. The highest BCUT2D eigenvalue weighted by molar-refractivity contribution is 5.00. The molecule has 2 saturated heterocycles. The number of nitrogens with one attached hydrogen (secondary N) is 1. The molecule has 4 atom stereocenters. The van der Waals surface area contributed by atoms with Gasteiger partial charge >= 0.3 is 0 Å². The van der Waals surface area contributed by atoms with Crippen LogP contribution in [0.5, 0.6) is 0 Å². The van der Waals surface area contributed by atoms with E-state index in [1.807, 2.05) is 0 Å². The molecule has 2 aliphatic heterocycles. The third kappa shape index (κ3) is 1.06. The number of aliphatic hydroxyl groups excluding tert-OH is 1. The maximum Gasteiger partial charge on any atom is 0.103 e. The minimum absolute atomic E-state index is 0.0509. The maximum atomic E-state index is 9.37. The first-order chi connectivity index (χ1) is 5.33. The Balaban J connectivity index is 2.04. The molecule has 0 aromatic carbocycles. The lowest BCUT2D eigenvalue weighted by atomic mass is 10.1. The zero-order valence-corrected chi connectivity index (χ0v) is 6.49. The lowest BCUT2D eigenvalue weighted by molar-refractivity contribution is -0.00967. The molecule has 0 radical (unpaired) electrons. The van der Waals surface area contributed by atoms with Gasteiger partial charge in [0.1, 0.15) is 6.10 Å². The summed E-state index contributed by atoms with van der Waals surface area (Å²) in [7, 11) is 1.67. The highest BCUT2D eigenvalue weighted by atomic mass is 16.6. The molecule has 2 heterocycles. The van der Waals surface area contributed by atoms with Crippen molar-refractivity contribution in [2.75, 3.05) is 20.3 Å². The van der Waals surface area contributed by atoms with Crippen LogP contribution in [0, 0.1) is 0 Å². The summed E-state index contributed by atoms with van der Waals surface area (Å²) < 4.78 is 10.5. The number of hydrogen-bond acceptors (Lipinski definition) is 4. The van der Waals surface area contributed by atoms with Gasteiger partial charge in [-0.3, -0.25) is 0 Å². The van der Waals surface area contributed by atoms with Crippen molar-refractivity contribution in [3.05, 3.63) is 0 Å². The average molecular weight is 159 g/mol. The summed E-state index contributed by atoms with van der Waals surface area (Å²) >= 11 is 0. The molecule has 0 aromatic rings. The topological polar surface area (TPSA) is 50.7 Å². The normalized spacial score (nSPS) is 49.6. The van der Waals surface area contributed by atoms with Crippen molar-refractivity contribution in [1.82, 2.24) is 5.32 Å². The Kier molecular flexibility index (Phi) is 1.85. The first-order valence-corrected chi connectivity index (χ1v) is 3.89. The van der Waals surface area contributed by atoms with Gasteiger partial charge < -0.3 is 19.9 Å². The van der Waals surface area contributed by atoms with Crippen molar-refractivity contribution in [2.45, 2.75) is 24.4 Å². The summed E-state index contributed by atoms with van der Waals surface area (Å²) in [5.74, 6) is 0. The number of fused-ring (bicyclic) bond motifs is 1. The molecule has 64 valence electrons. The van der Waals surface area contributed by atoms with Gasteiger partial charge in [-0.2, -0.15) is 0 Å². The second-order valence-corrected chi connectivity index (χ2v) is 3.07. The highest BCUT2D eigenvalue weighted by Gasteiger charge is 2.45. The van der Waals surface area contributed by atoms with Crippen LogP contribution in [0.15, 0.2) is 0 Å². The number of hydrogen-bond donors (Lipinski definition) is 2. The van der Waals surface area contributed by atoms with E-state index < -0.39 is 0 Å². The van der Waals surface area contributed by atoms with E-state index in [1.54, 1.807) is 7.11 Å². The summed E-state index contributed by atoms with van der Waals surface area (Å²) in [5.41, 5.74) is 0. The van der Waals surface area contributed by atoms with E-state index in [2.05, 4.69) is 5.32 Å². The monoisotopic (exact) mass is 159 g/mol. The van der Waals surface area contributed by atoms with E-state index in [9.17, 15) is 5.11 Å². The molecular weight excluding hydrogens is 146 g/mol. The quantitative estimate of drug-likeness (QED) is 0.501. The van der Waals surface area contributed by atoms with E-state index in [4.69, 9.17) is 9.47 Å². The average Bonchev–Trinajstić information content (AvgIpc) is 2.53. The van der Waals surface area contributed by atoms with Gasteiger partial charge in [0.25, 0.3) is 0 Å². The summed E-state index contributed by atoms with van der Waals surface area (Å²) in [5, 5.41) is 12.5. The fourth-order valence-corrected chi connectivity index (χ4v) is 1.81. The molecule has 0 amide bonds. The Morgan fingerprint density at radius 1 is 1.64 bits per heavy atom. The van der Waals surface area contributed by atoms with Gasteiger partial charge in [-0.25, -0.2) is 0 Å². The molecule has 2 rings (SSSR count). The fourth-order valence-electron chi connectivity index (χ4n) is 1.81. The lowest BCUT2D eigenvalue weighted by Crippen LogP contribution is -2.37. The Morgan fingerprint density at radius 2 is 2.45 bits per heavy atom. The van der Waals surface area contributed by atoms with Crippen LogP contribution in [0.2, 0.25) is 0 Å². The molecule has 4 unspecified atom stereocenters. The van der Waals surface area contributed by atoms with Crippen LogP contribution in [0.25, 0.3) is 0 Å². The SMILES string of the molecule is COC1CNC2C(O)COC12. The summed E-state index contributed by atoms with van der Waals surface area (Å²) in [6, 6.07) is 0.0833. The zero-order valence-electron chi connectivity index (χ0n) is 6.49. The minimum atomic E-state index is -0.361. The molecule has 11 heavy (non-hydrogen) atoms. The van der Waals surface area contributed by atoms with Gasteiger partial charge in [0.2, 0.25) is 0 Å². The van der Waals surface area contributed by atoms with Crippen molar-refractivity contribution in [1.29, 1.82) is 0 Å². The van der Waals surface area contributed by atoms with Crippen LogP contribution in [0.4, 0.5) is 0 Å². The largest absolute Gasteiger partial charge is 0.389 e. The molecule has 2 aliphatic rings.